The highest BCUT2D eigenvalue weighted by atomic mass is 16.5. The van der Waals surface area contributed by atoms with E-state index in [1.54, 1.807) is 14.2 Å². The maximum atomic E-state index is 5.97. The maximum Gasteiger partial charge on any atom is 0.191 e. The van der Waals surface area contributed by atoms with E-state index in [0.29, 0.717) is 32.5 Å². The Balaban J connectivity index is 1.60. The van der Waals surface area contributed by atoms with Gasteiger partial charge in [-0.05, 0) is 30.4 Å². The third-order valence-electron chi connectivity index (χ3n) is 4.55. The molecule has 2 rings (SSSR count). The first-order valence-corrected chi connectivity index (χ1v) is 10.1. The first-order chi connectivity index (χ1) is 13.8. The van der Waals surface area contributed by atoms with Gasteiger partial charge in [0.2, 0.25) is 0 Å². The Kier molecular flexibility index (Phi) is 11.6. The van der Waals surface area contributed by atoms with Crippen molar-refractivity contribution in [1.82, 2.24) is 10.6 Å². The molecule has 1 heterocycles. The van der Waals surface area contributed by atoms with Crippen LogP contribution in [0.4, 0.5) is 0 Å². The van der Waals surface area contributed by atoms with Crippen LogP contribution < -0.4 is 10.6 Å². The first-order valence-electron chi connectivity index (χ1n) is 10.1. The molecule has 1 aliphatic heterocycles. The number of guanidine groups is 1. The van der Waals surface area contributed by atoms with Crippen LogP contribution in [0.5, 0.6) is 0 Å². The Morgan fingerprint density at radius 2 is 1.82 bits per heavy atom. The monoisotopic (exact) mass is 393 g/mol. The van der Waals surface area contributed by atoms with E-state index in [-0.39, 0.29) is 0 Å². The molecule has 0 unspecified atom stereocenters. The lowest BCUT2D eigenvalue weighted by molar-refractivity contribution is -0.0390. The van der Waals surface area contributed by atoms with Crippen LogP contribution in [-0.4, -0.2) is 65.8 Å². The van der Waals surface area contributed by atoms with Gasteiger partial charge in [0.05, 0.1) is 25.9 Å². The van der Waals surface area contributed by atoms with Crippen molar-refractivity contribution in [3.8, 4) is 0 Å². The first kappa shape index (κ1) is 22.6. The van der Waals surface area contributed by atoms with Crippen LogP contribution in [0.2, 0.25) is 0 Å². The normalized spacial score (nSPS) is 15.6. The second kappa shape index (κ2) is 14.3. The van der Waals surface area contributed by atoms with Crippen LogP contribution in [0.1, 0.15) is 30.4 Å². The van der Waals surface area contributed by atoms with Gasteiger partial charge in [0, 0.05) is 47.1 Å². The smallest absolute Gasteiger partial charge is 0.191 e. The van der Waals surface area contributed by atoms with Gasteiger partial charge in [-0.3, -0.25) is 4.99 Å². The molecule has 0 atom stereocenters. The number of hydrogen-bond donors (Lipinski definition) is 2. The summed E-state index contributed by atoms with van der Waals surface area (Å²) in [6.45, 7) is 5.81. The van der Waals surface area contributed by atoms with Crippen LogP contribution in [0, 0.1) is 0 Å². The summed E-state index contributed by atoms with van der Waals surface area (Å²) in [5.74, 6) is 0.795. The van der Waals surface area contributed by atoms with Crippen LogP contribution in [-0.2, 0) is 32.1 Å². The lowest BCUT2D eigenvalue weighted by Crippen LogP contribution is -2.37. The average Bonchev–Trinajstić information content (AvgIpc) is 2.75. The molecule has 0 amide bonds. The van der Waals surface area contributed by atoms with Crippen LogP contribution >= 0.6 is 0 Å². The van der Waals surface area contributed by atoms with E-state index >= 15 is 0 Å². The van der Waals surface area contributed by atoms with Crippen LogP contribution in [0.25, 0.3) is 0 Å². The molecule has 1 aromatic carbocycles. The number of nitrogens with zero attached hydrogens (tertiary/aromatic N) is 1. The van der Waals surface area contributed by atoms with E-state index in [4.69, 9.17) is 18.9 Å². The number of ether oxygens (including phenoxy) is 4. The predicted octanol–water partition coefficient (Wildman–Crippen LogP) is 2.10. The minimum absolute atomic E-state index is 0.329. The Hall–Kier alpha value is -1.67. The molecule has 0 bridgehead atoms. The molecule has 0 radical (unpaired) electrons. The Bertz CT molecular complexity index is 545. The fraction of sp³-hybridized carbons (Fsp3) is 0.667. The zero-order valence-corrected chi connectivity index (χ0v) is 17.2. The number of rotatable bonds is 12. The third-order valence-corrected chi connectivity index (χ3v) is 4.55. The lowest BCUT2D eigenvalue weighted by atomic mass is 10.1. The number of methoxy groups -OCH3 is 1. The molecule has 28 heavy (non-hydrogen) atoms. The minimum atomic E-state index is 0.329. The van der Waals surface area contributed by atoms with E-state index in [1.807, 2.05) is 0 Å². The van der Waals surface area contributed by atoms with Crippen molar-refractivity contribution >= 4 is 5.96 Å². The van der Waals surface area contributed by atoms with Crippen LogP contribution in [0.15, 0.2) is 29.3 Å². The second-order valence-corrected chi connectivity index (χ2v) is 6.75. The zero-order chi connectivity index (χ0) is 19.9. The highest BCUT2D eigenvalue weighted by Gasteiger charge is 2.13. The maximum absolute atomic E-state index is 5.97. The van der Waals surface area contributed by atoms with Gasteiger partial charge >= 0.3 is 0 Å². The van der Waals surface area contributed by atoms with E-state index in [1.165, 1.54) is 11.1 Å². The predicted molar refractivity (Wildman–Crippen MR) is 111 cm³/mol. The topological polar surface area (TPSA) is 73.3 Å². The van der Waals surface area contributed by atoms with Gasteiger partial charge in [-0.1, -0.05) is 24.3 Å². The molecule has 1 fully saturated rings. The van der Waals surface area contributed by atoms with Crippen molar-refractivity contribution in [3.63, 3.8) is 0 Å². The van der Waals surface area contributed by atoms with Crippen molar-refractivity contribution < 1.29 is 18.9 Å². The lowest BCUT2D eigenvalue weighted by Gasteiger charge is -2.22. The second-order valence-electron chi connectivity index (χ2n) is 6.75. The molecule has 0 aromatic heterocycles. The summed E-state index contributed by atoms with van der Waals surface area (Å²) in [7, 11) is 3.45. The molecule has 1 saturated heterocycles. The minimum Gasteiger partial charge on any atom is -0.382 e. The van der Waals surface area contributed by atoms with Crippen molar-refractivity contribution in [2.45, 2.75) is 38.5 Å². The number of hydrogen-bond acceptors (Lipinski definition) is 5. The van der Waals surface area contributed by atoms with Gasteiger partial charge in [-0.2, -0.15) is 0 Å². The molecule has 1 aromatic rings. The SMILES string of the molecule is CN=C(NCCCOCCOC)NCc1ccc(COC2CCOCC2)cc1. The van der Waals surface area contributed by atoms with E-state index in [2.05, 4.69) is 39.9 Å². The van der Waals surface area contributed by atoms with Gasteiger partial charge in [0.1, 0.15) is 0 Å². The highest BCUT2D eigenvalue weighted by molar-refractivity contribution is 5.79. The highest BCUT2D eigenvalue weighted by Crippen LogP contribution is 2.14. The van der Waals surface area contributed by atoms with E-state index in [9.17, 15) is 0 Å². The van der Waals surface area contributed by atoms with Gasteiger partial charge in [-0.25, -0.2) is 0 Å². The largest absolute Gasteiger partial charge is 0.382 e. The van der Waals surface area contributed by atoms with Gasteiger partial charge in [0.15, 0.2) is 5.96 Å². The van der Waals surface area contributed by atoms with Crippen molar-refractivity contribution in [2.24, 2.45) is 4.99 Å². The fourth-order valence-electron chi connectivity index (χ4n) is 2.84. The third kappa shape index (κ3) is 9.50. The number of aliphatic imine (C=N–C) groups is 1. The van der Waals surface area contributed by atoms with E-state index < -0.39 is 0 Å². The Labute approximate surface area is 168 Å². The van der Waals surface area contributed by atoms with Gasteiger partial charge in [-0.15, -0.1) is 0 Å². The zero-order valence-electron chi connectivity index (χ0n) is 17.2. The summed E-state index contributed by atoms with van der Waals surface area (Å²) in [6, 6.07) is 8.52. The number of benzene rings is 1. The molecule has 1 aliphatic rings. The molecule has 158 valence electrons. The van der Waals surface area contributed by atoms with Crippen molar-refractivity contribution in [2.75, 3.05) is 53.7 Å². The summed E-state index contributed by atoms with van der Waals surface area (Å²) in [4.78, 5) is 4.25. The van der Waals surface area contributed by atoms with E-state index in [0.717, 1.165) is 51.5 Å². The summed E-state index contributed by atoms with van der Waals surface area (Å²) in [5.41, 5.74) is 2.41. The molecule has 0 aliphatic carbocycles. The average molecular weight is 394 g/mol. The molecule has 0 saturated carbocycles. The summed E-state index contributed by atoms with van der Waals surface area (Å²) in [6.07, 6.45) is 3.24. The molecule has 2 N–H and O–H groups in total. The summed E-state index contributed by atoms with van der Waals surface area (Å²) in [5, 5.41) is 6.63. The molecule has 7 heteroatoms. The van der Waals surface area contributed by atoms with Gasteiger partial charge in [0.25, 0.3) is 0 Å². The quantitative estimate of drug-likeness (QED) is 0.322. The van der Waals surface area contributed by atoms with Gasteiger partial charge < -0.3 is 29.6 Å². The summed E-state index contributed by atoms with van der Waals surface area (Å²) < 4.78 is 21.7. The molecular formula is C21H35N3O4. The molecule has 0 spiro atoms. The molecular weight excluding hydrogens is 358 g/mol. The van der Waals surface area contributed by atoms with Crippen molar-refractivity contribution in [3.05, 3.63) is 35.4 Å². The standard InChI is InChI=1S/C21H35N3O4/c1-22-21(23-10-3-11-26-15-14-25-2)24-16-18-4-6-19(7-5-18)17-28-20-8-12-27-13-9-20/h4-7,20H,3,8-17H2,1-2H3,(H2,22,23,24). The fourth-order valence-corrected chi connectivity index (χ4v) is 2.84. The Morgan fingerprint density at radius 1 is 1.07 bits per heavy atom. The van der Waals surface area contributed by atoms with Crippen LogP contribution in [0.3, 0.4) is 0 Å². The number of nitrogens with one attached hydrogen (secondary N) is 2. The summed E-state index contributed by atoms with van der Waals surface area (Å²) >= 11 is 0. The molecule has 7 nitrogen and oxygen atoms in total. The van der Waals surface area contributed by atoms with Crippen molar-refractivity contribution in [1.29, 1.82) is 0 Å². The Morgan fingerprint density at radius 3 is 2.54 bits per heavy atom.